The molecule has 0 aliphatic heterocycles. The van der Waals surface area contributed by atoms with Crippen molar-refractivity contribution in [2.24, 2.45) is 5.92 Å². The molecule has 2 aromatic heterocycles. The lowest BCUT2D eigenvalue weighted by atomic mass is 9.86. The topological polar surface area (TPSA) is 78.1 Å². The molecule has 3 rings (SSSR count). The van der Waals surface area contributed by atoms with E-state index in [-0.39, 0.29) is 11.7 Å². The Hall–Kier alpha value is -1.31. The Morgan fingerprint density at radius 2 is 2.08 bits per heavy atom. The third-order valence-corrected chi connectivity index (χ3v) is 6.82. The van der Waals surface area contributed by atoms with Crippen LogP contribution >= 0.6 is 11.6 Å². The number of H-pyrrole nitrogens is 1. The number of aromatic nitrogens is 2. The Labute approximate surface area is 147 Å². The summed E-state index contributed by atoms with van der Waals surface area (Å²) in [6.07, 6.45) is 7.30. The van der Waals surface area contributed by atoms with E-state index in [4.69, 9.17) is 11.6 Å². The van der Waals surface area contributed by atoms with Gasteiger partial charge >= 0.3 is 0 Å². The van der Waals surface area contributed by atoms with E-state index in [1.807, 2.05) is 13.1 Å². The van der Waals surface area contributed by atoms with Crippen molar-refractivity contribution in [3.63, 3.8) is 0 Å². The molecule has 0 radical (unpaired) electrons. The van der Waals surface area contributed by atoms with Crippen LogP contribution in [0, 0.1) is 5.92 Å². The zero-order valence-corrected chi connectivity index (χ0v) is 15.5. The summed E-state index contributed by atoms with van der Waals surface area (Å²) in [7, 11) is 0.383. The molecule has 1 saturated carbocycles. The molecule has 0 aromatic carbocycles. The lowest BCUT2D eigenvalue weighted by Gasteiger charge is -2.35. The number of pyridine rings is 1. The summed E-state index contributed by atoms with van der Waals surface area (Å²) >= 11 is 6.30. The normalized spacial score (nSPS) is 22.0. The molecular weight excluding hydrogens is 348 g/mol. The van der Waals surface area contributed by atoms with Crippen molar-refractivity contribution in [3.8, 4) is 0 Å². The average Bonchev–Trinajstić information content (AvgIpc) is 2.96. The maximum Gasteiger partial charge on any atom is 0.211 e. The van der Waals surface area contributed by atoms with E-state index >= 15 is 0 Å². The van der Waals surface area contributed by atoms with Crippen molar-refractivity contribution in [2.75, 3.05) is 24.7 Å². The van der Waals surface area contributed by atoms with Gasteiger partial charge in [-0.1, -0.05) is 11.6 Å². The number of hydrogen-bond acceptors (Lipinski definition) is 4. The van der Waals surface area contributed by atoms with Gasteiger partial charge in [-0.25, -0.2) is 18.1 Å². The standard InChI is InChI=1S/C16H23ClN4O2S/c1-18-24(22,23)10-11-3-5-12(6-4-11)21(2)16-15-13(17)9-20-14(15)7-8-19-16/h7-9,11-12,18,20H,3-6,10H2,1-2H3. The zero-order valence-electron chi connectivity index (χ0n) is 13.9. The van der Waals surface area contributed by atoms with E-state index < -0.39 is 10.0 Å². The number of nitrogens with one attached hydrogen (secondary N) is 2. The summed E-state index contributed by atoms with van der Waals surface area (Å²) in [6.45, 7) is 0. The van der Waals surface area contributed by atoms with Gasteiger partial charge in [-0.2, -0.15) is 0 Å². The zero-order chi connectivity index (χ0) is 17.3. The van der Waals surface area contributed by atoms with E-state index in [0.29, 0.717) is 11.1 Å². The quantitative estimate of drug-likeness (QED) is 0.848. The van der Waals surface area contributed by atoms with Gasteiger partial charge in [-0.15, -0.1) is 0 Å². The van der Waals surface area contributed by atoms with Gasteiger partial charge < -0.3 is 9.88 Å². The minimum atomic E-state index is -3.13. The fraction of sp³-hybridized carbons (Fsp3) is 0.562. The second kappa shape index (κ2) is 6.90. The van der Waals surface area contributed by atoms with Gasteiger partial charge in [0, 0.05) is 25.5 Å². The third kappa shape index (κ3) is 3.53. The molecule has 0 spiro atoms. The number of hydrogen-bond donors (Lipinski definition) is 2. The van der Waals surface area contributed by atoms with Gasteiger partial charge in [0.2, 0.25) is 10.0 Å². The van der Waals surface area contributed by atoms with Crippen LogP contribution in [0.2, 0.25) is 5.02 Å². The summed E-state index contributed by atoms with van der Waals surface area (Å²) in [4.78, 5) is 9.86. The molecule has 0 atom stereocenters. The third-order valence-electron chi connectivity index (χ3n) is 4.99. The number of nitrogens with zero attached hydrogens (tertiary/aromatic N) is 2. The van der Waals surface area contributed by atoms with Crippen molar-refractivity contribution in [2.45, 2.75) is 31.7 Å². The molecule has 2 N–H and O–H groups in total. The van der Waals surface area contributed by atoms with Crippen LogP contribution in [0.1, 0.15) is 25.7 Å². The highest BCUT2D eigenvalue weighted by Gasteiger charge is 2.28. The predicted octanol–water partition coefficient (Wildman–Crippen LogP) is 2.76. The largest absolute Gasteiger partial charge is 0.360 e. The summed E-state index contributed by atoms with van der Waals surface area (Å²) < 4.78 is 25.8. The molecule has 0 amide bonds. The molecule has 0 saturated heterocycles. The molecule has 1 fully saturated rings. The number of anilines is 1. The maximum absolute atomic E-state index is 11.7. The van der Waals surface area contributed by atoms with Crippen molar-refractivity contribution in [3.05, 3.63) is 23.5 Å². The molecule has 1 aliphatic carbocycles. The summed E-state index contributed by atoms with van der Waals surface area (Å²) in [5, 5.41) is 1.62. The molecule has 8 heteroatoms. The van der Waals surface area contributed by atoms with E-state index in [9.17, 15) is 8.42 Å². The van der Waals surface area contributed by atoms with Crippen molar-refractivity contribution in [1.29, 1.82) is 0 Å². The second-order valence-electron chi connectivity index (χ2n) is 6.46. The van der Waals surface area contributed by atoms with E-state index in [2.05, 4.69) is 19.6 Å². The van der Waals surface area contributed by atoms with Gasteiger partial charge in [-0.3, -0.25) is 0 Å². The molecule has 0 unspecified atom stereocenters. The Kier molecular flexibility index (Phi) is 5.03. The van der Waals surface area contributed by atoms with Gasteiger partial charge in [0.05, 0.1) is 21.7 Å². The molecule has 2 aromatic rings. The Morgan fingerprint density at radius 1 is 1.38 bits per heavy atom. The molecule has 24 heavy (non-hydrogen) atoms. The summed E-state index contributed by atoms with van der Waals surface area (Å²) in [6, 6.07) is 2.26. The van der Waals surface area contributed by atoms with Crippen molar-refractivity contribution < 1.29 is 8.42 Å². The first-order chi connectivity index (χ1) is 11.4. The Balaban J connectivity index is 1.71. The minimum absolute atomic E-state index is 0.220. The van der Waals surface area contributed by atoms with Crippen LogP contribution in [0.15, 0.2) is 18.5 Å². The molecule has 6 nitrogen and oxygen atoms in total. The summed E-state index contributed by atoms with van der Waals surface area (Å²) in [5.41, 5.74) is 0.977. The van der Waals surface area contributed by atoms with Crippen LogP contribution in [-0.2, 0) is 10.0 Å². The number of halogens is 1. The fourth-order valence-corrected chi connectivity index (χ4v) is 4.91. The van der Waals surface area contributed by atoms with E-state index in [1.165, 1.54) is 7.05 Å². The summed E-state index contributed by atoms with van der Waals surface area (Å²) in [5.74, 6) is 1.33. The smallest absolute Gasteiger partial charge is 0.211 e. The van der Waals surface area contributed by atoms with Crippen LogP contribution in [-0.4, -0.2) is 44.3 Å². The van der Waals surface area contributed by atoms with Gasteiger partial charge in [0.25, 0.3) is 0 Å². The molecule has 1 aliphatic rings. The van der Waals surface area contributed by atoms with Crippen LogP contribution < -0.4 is 9.62 Å². The van der Waals surface area contributed by atoms with Crippen molar-refractivity contribution >= 4 is 38.3 Å². The lowest BCUT2D eigenvalue weighted by Crippen LogP contribution is -2.37. The first kappa shape index (κ1) is 17.5. The highest BCUT2D eigenvalue weighted by atomic mass is 35.5. The van der Waals surface area contributed by atoms with Crippen LogP contribution in [0.25, 0.3) is 10.9 Å². The number of rotatable bonds is 5. The van der Waals surface area contributed by atoms with Gasteiger partial charge in [0.1, 0.15) is 5.82 Å². The van der Waals surface area contributed by atoms with Gasteiger partial charge in [0.15, 0.2) is 0 Å². The lowest BCUT2D eigenvalue weighted by molar-refractivity contribution is 0.340. The molecule has 2 heterocycles. The van der Waals surface area contributed by atoms with Crippen molar-refractivity contribution in [1.82, 2.24) is 14.7 Å². The van der Waals surface area contributed by atoms with E-state index in [0.717, 1.165) is 42.4 Å². The number of fused-ring (bicyclic) bond motifs is 1. The minimum Gasteiger partial charge on any atom is -0.360 e. The molecule has 0 bridgehead atoms. The number of aromatic amines is 1. The highest BCUT2D eigenvalue weighted by molar-refractivity contribution is 7.89. The van der Waals surface area contributed by atoms with Crippen LogP contribution in [0.5, 0.6) is 0 Å². The average molecular weight is 371 g/mol. The predicted molar refractivity (Wildman–Crippen MR) is 98.1 cm³/mol. The van der Waals surface area contributed by atoms with Crippen LogP contribution in [0.4, 0.5) is 5.82 Å². The highest BCUT2D eigenvalue weighted by Crippen LogP contribution is 2.35. The van der Waals surface area contributed by atoms with E-state index in [1.54, 1.807) is 12.4 Å². The second-order valence-corrected chi connectivity index (χ2v) is 8.84. The first-order valence-electron chi connectivity index (χ1n) is 8.17. The fourth-order valence-electron chi connectivity index (χ4n) is 3.55. The SMILES string of the molecule is CNS(=O)(=O)CC1CCC(N(C)c2nccc3[nH]cc(Cl)c23)CC1. The monoisotopic (exact) mass is 370 g/mol. The molecular formula is C16H23ClN4O2S. The first-order valence-corrected chi connectivity index (χ1v) is 10.2. The van der Waals surface area contributed by atoms with Crippen LogP contribution in [0.3, 0.4) is 0 Å². The maximum atomic E-state index is 11.7. The number of sulfonamides is 1. The Bertz CT molecular complexity index is 813. The Morgan fingerprint density at radius 3 is 2.75 bits per heavy atom. The molecule has 132 valence electrons. The van der Waals surface area contributed by atoms with Gasteiger partial charge in [-0.05, 0) is 44.7 Å².